The number of carbonyl (C=O) groups is 2. The minimum atomic E-state index is -4.43. The predicted octanol–water partition coefficient (Wildman–Crippen LogP) is 4.31. The molecule has 0 aliphatic rings. The number of nitrogens with zero attached hydrogens (tertiary/aromatic N) is 1. The molecule has 4 nitrogen and oxygen atoms in total. The molecule has 0 fully saturated rings. The number of carbonyl (C=O) groups excluding carboxylic acids is 2. The van der Waals surface area contributed by atoms with E-state index in [0.29, 0.717) is 5.69 Å². The molecule has 0 saturated heterocycles. The molecule has 7 heteroatoms. The van der Waals surface area contributed by atoms with E-state index in [1.807, 2.05) is 19.9 Å². The molecule has 2 aromatic rings. The van der Waals surface area contributed by atoms with Crippen LogP contribution in [0.5, 0.6) is 0 Å². The molecule has 0 unspecified atom stereocenters. The maximum atomic E-state index is 12.6. The van der Waals surface area contributed by atoms with Gasteiger partial charge in [0.1, 0.15) is 6.54 Å². The second-order valence-electron chi connectivity index (χ2n) is 6.07. The summed E-state index contributed by atoms with van der Waals surface area (Å²) in [7, 11) is 0. The molecule has 0 radical (unpaired) electrons. The Morgan fingerprint density at radius 3 is 2.00 bits per heavy atom. The molecule has 1 N–H and O–H groups in total. The second-order valence-corrected chi connectivity index (χ2v) is 6.07. The zero-order valence-electron chi connectivity index (χ0n) is 14.6. The Bertz CT molecular complexity index is 794. The summed E-state index contributed by atoms with van der Waals surface area (Å²) in [6.07, 6.45) is -4.43. The minimum absolute atomic E-state index is 0.229. The summed E-state index contributed by atoms with van der Waals surface area (Å²) < 4.78 is 37.7. The molecule has 0 bridgehead atoms. The van der Waals surface area contributed by atoms with Gasteiger partial charge in [0, 0.05) is 18.3 Å². The molecule has 138 valence electrons. The van der Waals surface area contributed by atoms with E-state index in [-0.39, 0.29) is 18.1 Å². The highest BCUT2D eigenvalue weighted by molar-refractivity contribution is 6.01. The first kappa shape index (κ1) is 19.5. The highest BCUT2D eigenvalue weighted by Crippen LogP contribution is 2.29. The summed E-state index contributed by atoms with van der Waals surface area (Å²) in [4.78, 5) is 25.5. The van der Waals surface area contributed by atoms with Crippen molar-refractivity contribution < 1.29 is 22.8 Å². The Hall–Kier alpha value is -2.83. The van der Waals surface area contributed by atoms with Gasteiger partial charge in [-0.15, -0.1) is 0 Å². The lowest BCUT2D eigenvalue weighted by atomic mass is 10.1. The molecular weight excluding hydrogens is 345 g/mol. The average molecular weight is 364 g/mol. The first-order chi connectivity index (χ1) is 12.1. The van der Waals surface area contributed by atoms with Crippen molar-refractivity contribution in [1.82, 2.24) is 0 Å². The standard InChI is InChI=1S/C19H19F3N2O2/c1-12-8-13(2)10-17(9-12)24(14(3)25)11-18(26)23-16-6-4-15(5-7-16)19(20,21)22/h4-10H,11H2,1-3H3,(H,23,26). The van der Waals surface area contributed by atoms with E-state index >= 15 is 0 Å². The number of benzene rings is 2. The van der Waals surface area contributed by atoms with E-state index in [0.717, 1.165) is 23.3 Å². The number of halogens is 3. The van der Waals surface area contributed by atoms with E-state index in [2.05, 4.69) is 5.32 Å². The van der Waals surface area contributed by atoms with Gasteiger partial charge in [0.25, 0.3) is 0 Å². The number of aryl methyl sites for hydroxylation is 2. The van der Waals surface area contributed by atoms with Gasteiger partial charge >= 0.3 is 6.18 Å². The molecule has 0 atom stereocenters. The molecule has 26 heavy (non-hydrogen) atoms. The third-order valence-corrected chi connectivity index (χ3v) is 3.70. The van der Waals surface area contributed by atoms with E-state index < -0.39 is 17.6 Å². The number of hydrogen-bond acceptors (Lipinski definition) is 2. The average Bonchev–Trinajstić information content (AvgIpc) is 2.51. The van der Waals surface area contributed by atoms with Gasteiger partial charge in [-0.1, -0.05) is 6.07 Å². The van der Waals surface area contributed by atoms with Crippen molar-refractivity contribution >= 4 is 23.2 Å². The van der Waals surface area contributed by atoms with E-state index in [1.165, 1.54) is 24.0 Å². The molecule has 0 aliphatic carbocycles. The highest BCUT2D eigenvalue weighted by Gasteiger charge is 2.30. The number of amides is 2. The number of hydrogen-bond donors (Lipinski definition) is 1. The SMILES string of the molecule is CC(=O)N(CC(=O)Nc1ccc(C(F)(F)F)cc1)c1cc(C)cc(C)c1. The Kier molecular flexibility index (Phi) is 5.69. The highest BCUT2D eigenvalue weighted by atomic mass is 19.4. The lowest BCUT2D eigenvalue weighted by Gasteiger charge is -2.22. The lowest BCUT2D eigenvalue weighted by molar-refractivity contribution is -0.137. The summed E-state index contributed by atoms with van der Waals surface area (Å²) >= 11 is 0. The van der Waals surface area contributed by atoms with Crippen LogP contribution < -0.4 is 10.2 Å². The van der Waals surface area contributed by atoms with Gasteiger partial charge in [-0.05, 0) is 61.4 Å². The molecule has 0 saturated carbocycles. The minimum Gasteiger partial charge on any atom is -0.325 e. The van der Waals surface area contributed by atoms with Crippen LogP contribution in [0.1, 0.15) is 23.6 Å². The maximum Gasteiger partial charge on any atom is 0.416 e. The van der Waals surface area contributed by atoms with Crippen LogP contribution >= 0.6 is 0 Å². The van der Waals surface area contributed by atoms with Gasteiger partial charge in [0.15, 0.2) is 0 Å². The zero-order valence-corrected chi connectivity index (χ0v) is 14.6. The normalized spacial score (nSPS) is 11.2. The summed E-state index contributed by atoms with van der Waals surface area (Å²) in [6.45, 7) is 4.89. The smallest absolute Gasteiger partial charge is 0.325 e. The summed E-state index contributed by atoms with van der Waals surface area (Å²) in [6, 6.07) is 9.67. The summed E-state index contributed by atoms with van der Waals surface area (Å²) in [5.74, 6) is -0.809. The molecule has 0 aromatic heterocycles. The van der Waals surface area contributed by atoms with Crippen LogP contribution in [0.2, 0.25) is 0 Å². The van der Waals surface area contributed by atoms with E-state index in [1.54, 1.807) is 12.1 Å². The quantitative estimate of drug-likeness (QED) is 0.879. The maximum absolute atomic E-state index is 12.6. The van der Waals surface area contributed by atoms with Crippen LogP contribution in [0.15, 0.2) is 42.5 Å². The second kappa shape index (κ2) is 7.59. The van der Waals surface area contributed by atoms with Gasteiger partial charge in [0.2, 0.25) is 11.8 Å². The Morgan fingerprint density at radius 1 is 1.00 bits per heavy atom. The van der Waals surface area contributed by atoms with Gasteiger partial charge in [-0.25, -0.2) is 0 Å². The van der Waals surface area contributed by atoms with Crippen LogP contribution in [-0.2, 0) is 15.8 Å². The first-order valence-electron chi connectivity index (χ1n) is 7.90. The molecule has 2 aromatic carbocycles. The molecular formula is C19H19F3N2O2. The van der Waals surface area contributed by atoms with Gasteiger partial charge in [0.05, 0.1) is 5.56 Å². The molecule has 0 spiro atoms. The van der Waals surface area contributed by atoms with Crippen molar-refractivity contribution in [1.29, 1.82) is 0 Å². The zero-order chi connectivity index (χ0) is 19.5. The first-order valence-corrected chi connectivity index (χ1v) is 7.90. The van der Waals surface area contributed by atoms with Gasteiger partial charge in [-0.2, -0.15) is 13.2 Å². The Morgan fingerprint density at radius 2 is 1.54 bits per heavy atom. The van der Waals surface area contributed by atoms with Crippen molar-refractivity contribution in [2.75, 3.05) is 16.8 Å². The summed E-state index contributed by atoms with van der Waals surface area (Å²) in [5.41, 5.74) is 1.93. The van der Waals surface area contributed by atoms with Crippen molar-refractivity contribution in [3.63, 3.8) is 0 Å². The molecule has 0 heterocycles. The number of rotatable bonds is 4. The molecule has 0 aliphatic heterocycles. The van der Waals surface area contributed by atoms with Crippen molar-refractivity contribution in [3.8, 4) is 0 Å². The fourth-order valence-corrected chi connectivity index (χ4v) is 2.58. The van der Waals surface area contributed by atoms with Crippen LogP contribution in [-0.4, -0.2) is 18.4 Å². The largest absolute Gasteiger partial charge is 0.416 e. The monoisotopic (exact) mass is 364 g/mol. The topological polar surface area (TPSA) is 49.4 Å². The number of anilines is 2. The van der Waals surface area contributed by atoms with Crippen LogP contribution in [0.25, 0.3) is 0 Å². The van der Waals surface area contributed by atoms with Crippen LogP contribution in [0, 0.1) is 13.8 Å². The molecule has 2 rings (SSSR count). The fraction of sp³-hybridized carbons (Fsp3) is 0.263. The predicted molar refractivity (Wildman–Crippen MR) is 94.0 cm³/mol. The third-order valence-electron chi connectivity index (χ3n) is 3.70. The van der Waals surface area contributed by atoms with Crippen molar-refractivity contribution in [3.05, 3.63) is 59.2 Å². The van der Waals surface area contributed by atoms with Crippen molar-refractivity contribution in [2.45, 2.75) is 26.9 Å². The van der Waals surface area contributed by atoms with Gasteiger partial charge < -0.3 is 10.2 Å². The van der Waals surface area contributed by atoms with E-state index in [4.69, 9.17) is 0 Å². The lowest BCUT2D eigenvalue weighted by Crippen LogP contribution is -2.36. The van der Waals surface area contributed by atoms with Crippen LogP contribution in [0.4, 0.5) is 24.5 Å². The third kappa shape index (κ3) is 5.08. The molecule has 2 amide bonds. The Labute approximate surface area is 149 Å². The fourth-order valence-electron chi connectivity index (χ4n) is 2.58. The number of nitrogens with one attached hydrogen (secondary N) is 1. The van der Waals surface area contributed by atoms with Crippen molar-refractivity contribution in [2.24, 2.45) is 0 Å². The van der Waals surface area contributed by atoms with E-state index in [9.17, 15) is 22.8 Å². The summed E-state index contributed by atoms with van der Waals surface area (Å²) in [5, 5.41) is 2.50. The van der Waals surface area contributed by atoms with Gasteiger partial charge in [-0.3, -0.25) is 9.59 Å². The van der Waals surface area contributed by atoms with Crippen LogP contribution in [0.3, 0.4) is 0 Å². The Balaban J connectivity index is 2.12. The number of alkyl halides is 3.